The molecule has 18 heavy (non-hydrogen) atoms. The van der Waals surface area contributed by atoms with Gasteiger partial charge in [-0.25, -0.2) is 4.98 Å². The first-order valence-electron chi connectivity index (χ1n) is 4.86. The zero-order valence-corrected chi connectivity index (χ0v) is 12.1. The van der Waals surface area contributed by atoms with E-state index in [1.807, 2.05) is 6.92 Å². The molecule has 92 valence electrons. The highest BCUT2D eigenvalue weighted by molar-refractivity contribution is 7.20. The highest BCUT2D eigenvalue weighted by Crippen LogP contribution is 2.39. The van der Waals surface area contributed by atoms with Crippen LogP contribution >= 0.6 is 45.9 Å². The van der Waals surface area contributed by atoms with Crippen LogP contribution in [0.3, 0.4) is 0 Å². The molecule has 4 nitrogen and oxygen atoms in total. The lowest BCUT2D eigenvalue weighted by Crippen LogP contribution is -1.93. The summed E-state index contributed by atoms with van der Waals surface area (Å²) in [6.07, 6.45) is 0.733. The Labute approximate surface area is 120 Å². The Morgan fingerprint density at radius 2 is 2.17 bits per heavy atom. The first-order chi connectivity index (χ1) is 8.60. The molecule has 0 saturated carbocycles. The molecule has 0 spiro atoms. The SMILES string of the molecule is Cc1nn2c(C=O)c(-c3cc(Cl)sc3Cl)nc2s1. The van der Waals surface area contributed by atoms with Gasteiger partial charge in [0.25, 0.3) is 0 Å². The Kier molecular flexibility index (Phi) is 2.90. The lowest BCUT2D eigenvalue weighted by atomic mass is 10.2. The summed E-state index contributed by atoms with van der Waals surface area (Å²) in [6, 6.07) is 1.71. The van der Waals surface area contributed by atoms with Crippen LogP contribution in [0.5, 0.6) is 0 Å². The van der Waals surface area contributed by atoms with Crippen LogP contribution in [-0.4, -0.2) is 20.9 Å². The van der Waals surface area contributed by atoms with Crippen LogP contribution in [0, 0.1) is 6.92 Å². The van der Waals surface area contributed by atoms with Crippen molar-refractivity contribution < 1.29 is 4.79 Å². The molecule has 8 heteroatoms. The van der Waals surface area contributed by atoms with Crippen molar-refractivity contribution in [1.82, 2.24) is 14.6 Å². The van der Waals surface area contributed by atoms with Gasteiger partial charge >= 0.3 is 0 Å². The van der Waals surface area contributed by atoms with Crippen molar-refractivity contribution in [2.45, 2.75) is 6.92 Å². The molecule has 0 saturated heterocycles. The highest BCUT2D eigenvalue weighted by Gasteiger charge is 2.20. The fourth-order valence-corrected chi connectivity index (χ4v) is 3.88. The Morgan fingerprint density at radius 3 is 2.78 bits per heavy atom. The van der Waals surface area contributed by atoms with Gasteiger partial charge in [-0.2, -0.15) is 9.61 Å². The molecule has 0 radical (unpaired) electrons. The van der Waals surface area contributed by atoms with Crippen LogP contribution < -0.4 is 0 Å². The fraction of sp³-hybridized carbons (Fsp3) is 0.100. The van der Waals surface area contributed by atoms with Gasteiger partial charge in [0.05, 0.1) is 4.34 Å². The van der Waals surface area contributed by atoms with Gasteiger partial charge < -0.3 is 0 Å². The quantitative estimate of drug-likeness (QED) is 0.672. The number of carbonyl (C=O) groups is 1. The van der Waals surface area contributed by atoms with Gasteiger partial charge in [0, 0.05) is 5.56 Å². The number of halogens is 2. The maximum atomic E-state index is 11.2. The molecule has 3 rings (SSSR count). The fourth-order valence-electron chi connectivity index (χ4n) is 1.67. The van der Waals surface area contributed by atoms with Crippen molar-refractivity contribution in [3.63, 3.8) is 0 Å². The van der Waals surface area contributed by atoms with E-state index in [0.717, 1.165) is 11.3 Å². The van der Waals surface area contributed by atoms with Gasteiger partial charge in [0.1, 0.15) is 20.7 Å². The minimum absolute atomic E-state index is 0.394. The second kappa shape index (κ2) is 4.31. The number of hydrogen-bond acceptors (Lipinski definition) is 5. The van der Waals surface area contributed by atoms with Crippen molar-refractivity contribution in [3.8, 4) is 11.3 Å². The molecule has 0 unspecified atom stereocenters. The van der Waals surface area contributed by atoms with Gasteiger partial charge in [-0.1, -0.05) is 34.5 Å². The van der Waals surface area contributed by atoms with E-state index in [-0.39, 0.29) is 0 Å². The summed E-state index contributed by atoms with van der Waals surface area (Å²) >= 11 is 14.7. The molecule has 3 aromatic heterocycles. The number of rotatable bonds is 2. The van der Waals surface area contributed by atoms with Crippen molar-refractivity contribution in [2.24, 2.45) is 0 Å². The van der Waals surface area contributed by atoms with Crippen molar-refractivity contribution in [2.75, 3.05) is 0 Å². The first kappa shape index (κ1) is 12.1. The average molecular weight is 318 g/mol. The third-order valence-electron chi connectivity index (χ3n) is 2.36. The molecule has 0 fully saturated rings. The smallest absolute Gasteiger partial charge is 0.213 e. The number of nitrogens with zero attached hydrogens (tertiary/aromatic N) is 3. The Morgan fingerprint density at radius 1 is 1.39 bits per heavy atom. The largest absolute Gasteiger partial charge is 0.296 e. The predicted octanol–water partition coefficient (Wildman–Crippen LogP) is 3.95. The standard InChI is InChI=1S/C10H5Cl2N3OS2/c1-4-14-15-6(3-16)8(13-10(15)17-4)5-2-7(11)18-9(5)12/h2-3H,1H3. The topological polar surface area (TPSA) is 47.3 Å². The molecule has 0 atom stereocenters. The number of carbonyl (C=O) groups excluding carboxylic acids is 1. The van der Waals surface area contributed by atoms with Crippen molar-refractivity contribution in [1.29, 1.82) is 0 Å². The summed E-state index contributed by atoms with van der Waals surface area (Å²) in [7, 11) is 0. The summed E-state index contributed by atoms with van der Waals surface area (Å²) in [6.45, 7) is 1.86. The number of imidazole rings is 1. The third kappa shape index (κ3) is 1.76. The van der Waals surface area contributed by atoms with E-state index in [0.29, 0.717) is 30.6 Å². The summed E-state index contributed by atoms with van der Waals surface area (Å²) in [5.41, 5.74) is 1.59. The van der Waals surface area contributed by atoms with Crippen molar-refractivity contribution in [3.05, 3.63) is 25.4 Å². The van der Waals surface area contributed by atoms with E-state index in [9.17, 15) is 4.79 Å². The molecule has 0 N–H and O–H groups in total. The van der Waals surface area contributed by atoms with E-state index < -0.39 is 0 Å². The second-order valence-electron chi connectivity index (χ2n) is 3.52. The minimum atomic E-state index is 0.394. The number of aromatic nitrogens is 3. The normalized spacial score (nSPS) is 11.3. The minimum Gasteiger partial charge on any atom is -0.296 e. The lowest BCUT2D eigenvalue weighted by molar-refractivity contribution is 0.111. The summed E-state index contributed by atoms with van der Waals surface area (Å²) in [5, 5.41) is 5.08. The molecule has 0 aliphatic carbocycles. The number of aldehydes is 1. The zero-order valence-electron chi connectivity index (χ0n) is 8.98. The van der Waals surface area contributed by atoms with Crippen LogP contribution in [-0.2, 0) is 0 Å². The second-order valence-corrected chi connectivity index (χ2v) is 6.96. The van der Waals surface area contributed by atoms with Gasteiger partial charge in [-0.3, -0.25) is 4.79 Å². The zero-order chi connectivity index (χ0) is 12.9. The van der Waals surface area contributed by atoms with E-state index in [2.05, 4.69) is 10.1 Å². The van der Waals surface area contributed by atoms with Gasteiger partial charge in [-0.05, 0) is 13.0 Å². The molecule has 3 aromatic rings. The van der Waals surface area contributed by atoms with E-state index >= 15 is 0 Å². The monoisotopic (exact) mass is 317 g/mol. The summed E-state index contributed by atoms with van der Waals surface area (Å²) in [5.74, 6) is 0. The average Bonchev–Trinajstić information content (AvgIpc) is 2.90. The summed E-state index contributed by atoms with van der Waals surface area (Å²) < 4.78 is 2.61. The number of fused-ring (bicyclic) bond motifs is 1. The molecule has 0 amide bonds. The maximum absolute atomic E-state index is 11.2. The molecule has 3 heterocycles. The molecule has 0 aliphatic heterocycles. The molecule has 0 bridgehead atoms. The predicted molar refractivity (Wildman–Crippen MR) is 74.3 cm³/mol. The van der Waals surface area contributed by atoms with Gasteiger partial charge in [-0.15, -0.1) is 11.3 Å². The first-order valence-corrected chi connectivity index (χ1v) is 7.25. The number of thiophene rings is 1. The van der Waals surface area contributed by atoms with E-state index in [1.165, 1.54) is 27.2 Å². The Bertz CT molecular complexity index is 759. The lowest BCUT2D eigenvalue weighted by Gasteiger charge is -1.94. The van der Waals surface area contributed by atoms with Crippen LogP contribution in [0.4, 0.5) is 0 Å². The number of hydrogen-bond donors (Lipinski definition) is 0. The number of aryl methyl sites for hydroxylation is 1. The van der Waals surface area contributed by atoms with Crippen LogP contribution in [0.15, 0.2) is 6.07 Å². The van der Waals surface area contributed by atoms with Crippen molar-refractivity contribution >= 4 is 57.1 Å². The third-order valence-corrected chi connectivity index (χ3v) is 4.67. The van der Waals surface area contributed by atoms with Crippen LogP contribution in [0.1, 0.15) is 15.5 Å². The summed E-state index contributed by atoms with van der Waals surface area (Å²) in [4.78, 5) is 16.3. The van der Waals surface area contributed by atoms with Crippen LogP contribution in [0.2, 0.25) is 8.67 Å². The maximum Gasteiger partial charge on any atom is 0.213 e. The Hall–Kier alpha value is -0.950. The van der Waals surface area contributed by atoms with Gasteiger partial charge in [0.2, 0.25) is 4.96 Å². The van der Waals surface area contributed by atoms with Gasteiger partial charge in [0.15, 0.2) is 6.29 Å². The molecule has 0 aliphatic rings. The van der Waals surface area contributed by atoms with Crippen LogP contribution in [0.25, 0.3) is 16.2 Å². The Balaban J connectivity index is 2.32. The molecular formula is C10H5Cl2N3OS2. The van der Waals surface area contributed by atoms with E-state index in [4.69, 9.17) is 23.2 Å². The van der Waals surface area contributed by atoms with E-state index in [1.54, 1.807) is 6.07 Å². The molecule has 0 aromatic carbocycles. The highest BCUT2D eigenvalue weighted by atomic mass is 35.5. The molecular weight excluding hydrogens is 313 g/mol.